The maximum atomic E-state index is 7.52. The van der Waals surface area contributed by atoms with Crippen LogP contribution in [-0.2, 0) is 0 Å². The van der Waals surface area contributed by atoms with Crippen LogP contribution in [0.2, 0.25) is 0 Å². The molecule has 0 aromatic carbocycles. The summed E-state index contributed by atoms with van der Waals surface area (Å²) in [5.74, 6) is 0.0851. The maximum Gasteiger partial charge on any atom is 0.188 e. The highest BCUT2D eigenvalue weighted by atomic mass is 15.3. The lowest BCUT2D eigenvalue weighted by molar-refractivity contribution is 0.354. The molecule has 62 valence electrons. The molecule has 0 amide bonds. The van der Waals surface area contributed by atoms with Crippen molar-refractivity contribution in [3.05, 3.63) is 0 Å². The molecule has 1 unspecified atom stereocenters. The van der Waals surface area contributed by atoms with Gasteiger partial charge in [-0.15, -0.1) is 0 Å². The van der Waals surface area contributed by atoms with Gasteiger partial charge < -0.3 is 16.0 Å². The fourth-order valence-corrected chi connectivity index (χ4v) is 1.36. The molecule has 11 heavy (non-hydrogen) atoms. The summed E-state index contributed by atoms with van der Waals surface area (Å²) in [6.07, 6.45) is 1.80. The van der Waals surface area contributed by atoms with E-state index >= 15 is 0 Å². The third kappa shape index (κ3) is 1.50. The normalized spacial score (nSPS) is 25.4. The first-order chi connectivity index (χ1) is 5.13. The Hall–Kier alpha value is -1.06. The smallest absolute Gasteiger partial charge is 0.188 e. The van der Waals surface area contributed by atoms with Gasteiger partial charge in [-0.3, -0.25) is 5.41 Å². The zero-order chi connectivity index (χ0) is 8.43. The van der Waals surface area contributed by atoms with Crippen molar-refractivity contribution in [1.29, 1.82) is 10.8 Å². The van der Waals surface area contributed by atoms with Crippen molar-refractivity contribution in [1.82, 2.24) is 4.90 Å². The van der Waals surface area contributed by atoms with Gasteiger partial charge in [-0.05, 0) is 19.8 Å². The molecular formula is C7H14N4. The summed E-state index contributed by atoms with van der Waals surface area (Å²) in [6.45, 7) is 2.74. The summed E-state index contributed by atoms with van der Waals surface area (Å²) in [4.78, 5) is 1.76. The minimum absolute atomic E-state index is 0.0289. The highest BCUT2D eigenvalue weighted by Gasteiger charge is 2.23. The molecular weight excluding hydrogens is 140 g/mol. The van der Waals surface area contributed by atoms with E-state index < -0.39 is 0 Å². The summed E-state index contributed by atoms with van der Waals surface area (Å²) in [6, 6.07) is 0.0289. The summed E-state index contributed by atoms with van der Waals surface area (Å²) < 4.78 is 0. The van der Waals surface area contributed by atoms with Crippen molar-refractivity contribution >= 4 is 11.7 Å². The van der Waals surface area contributed by atoms with Crippen LogP contribution < -0.4 is 5.73 Å². The monoisotopic (exact) mass is 154 g/mol. The van der Waals surface area contributed by atoms with Gasteiger partial charge in [0.15, 0.2) is 5.96 Å². The number of likely N-dealkylation sites (tertiary alicyclic amines) is 1. The summed E-state index contributed by atoms with van der Waals surface area (Å²) in [5, 5.41) is 14.7. The predicted octanol–water partition coefficient (Wildman–Crippen LogP) is 0.384. The highest BCUT2D eigenvalue weighted by Crippen LogP contribution is 2.12. The van der Waals surface area contributed by atoms with E-state index in [-0.39, 0.29) is 12.0 Å². The molecule has 0 bridgehead atoms. The van der Waals surface area contributed by atoms with E-state index in [1.54, 1.807) is 4.90 Å². The number of guanidine groups is 1. The number of piperidine rings is 1. The van der Waals surface area contributed by atoms with Gasteiger partial charge in [0.25, 0.3) is 0 Å². The number of nitrogens with two attached hydrogens (primary N) is 1. The Kier molecular flexibility index (Phi) is 2.12. The van der Waals surface area contributed by atoms with Gasteiger partial charge in [-0.2, -0.15) is 0 Å². The van der Waals surface area contributed by atoms with E-state index in [1.165, 1.54) is 0 Å². The third-order valence-corrected chi connectivity index (χ3v) is 2.13. The van der Waals surface area contributed by atoms with E-state index in [0.29, 0.717) is 5.71 Å². The molecule has 1 saturated heterocycles. The second kappa shape index (κ2) is 2.90. The first-order valence-corrected chi connectivity index (χ1v) is 3.81. The quantitative estimate of drug-likeness (QED) is 0.348. The summed E-state index contributed by atoms with van der Waals surface area (Å²) >= 11 is 0. The lowest BCUT2D eigenvalue weighted by Crippen LogP contribution is -2.49. The van der Waals surface area contributed by atoms with Crippen molar-refractivity contribution in [3.8, 4) is 0 Å². The molecule has 1 atom stereocenters. The maximum absolute atomic E-state index is 7.52. The van der Waals surface area contributed by atoms with Crippen LogP contribution in [-0.4, -0.2) is 29.2 Å². The zero-order valence-electron chi connectivity index (χ0n) is 6.72. The Labute approximate surface area is 66.4 Å². The van der Waals surface area contributed by atoms with Gasteiger partial charge in [-0.1, -0.05) is 0 Å². The molecule has 1 fully saturated rings. The van der Waals surface area contributed by atoms with Crippen LogP contribution in [0, 0.1) is 10.8 Å². The number of hydrogen-bond donors (Lipinski definition) is 3. The Morgan fingerprint density at radius 2 is 2.36 bits per heavy atom. The van der Waals surface area contributed by atoms with Crippen molar-refractivity contribution in [2.45, 2.75) is 25.8 Å². The zero-order valence-corrected chi connectivity index (χ0v) is 6.72. The number of nitrogens with one attached hydrogen (secondary N) is 2. The molecule has 0 saturated carbocycles. The average Bonchev–Trinajstić information content (AvgIpc) is 1.94. The minimum atomic E-state index is 0.0289. The summed E-state index contributed by atoms with van der Waals surface area (Å²) in [5.41, 5.74) is 6.02. The number of nitrogens with zero attached hydrogens (tertiary/aromatic N) is 1. The Balaban J connectivity index is 2.65. The van der Waals surface area contributed by atoms with Gasteiger partial charge in [0.2, 0.25) is 0 Å². The second-order valence-electron chi connectivity index (χ2n) is 2.88. The van der Waals surface area contributed by atoms with E-state index in [4.69, 9.17) is 16.6 Å². The third-order valence-electron chi connectivity index (χ3n) is 2.13. The van der Waals surface area contributed by atoms with Crippen molar-refractivity contribution in [3.63, 3.8) is 0 Å². The topological polar surface area (TPSA) is 77.0 Å². The Bertz CT molecular complexity index is 187. The molecule has 0 spiro atoms. The standard InChI is InChI=1S/C7H14N4/c1-5-6(8)3-2-4-11(5)7(9)10/h5,8H,2-4H2,1H3,(H3,9,10). The van der Waals surface area contributed by atoms with Crippen LogP contribution >= 0.6 is 0 Å². The molecule has 0 aromatic heterocycles. The molecule has 0 aromatic rings. The van der Waals surface area contributed by atoms with E-state index in [2.05, 4.69) is 0 Å². The number of rotatable bonds is 0. The molecule has 1 rings (SSSR count). The van der Waals surface area contributed by atoms with E-state index in [9.17, 15) is 0 Å². The fourth-order valence-electron chi connectivity index (χ4n) is 1.36. The van der Waals surface area contributed by atoms with E-state index in [0.717, 1.165) is 19.4 Å². The van der Waals surface area contributed by atoms with Crippen molar-refractivity contribution in [2.24, 2.45) is 5.73 Å². The second-order valence-corrected chi connectivity index (χ2v) is 2.88. The minimum Gasteiger partial charge on any atom is -0.370 e. The Morgan fingerprint density at radius 1 is 1.73 bits per heavy atom. The van der Waals surface area contributed by atoms with Gasteiger partial charge in [0, 0.05) is 12.3 Å². The molecule has 0 radical (unpaired) electrons. The summed E-state index contributed by atoms with van der Waals surface area (Å²) in [7, 11) is 0. The van der Waals surface area contributed by atoms with Gasteiger partial charge >= 0.3 is 0 Å². The van der Waals surface area contributed by atoms with Crippen LogP contribution in [0.3, 0.4) is 0 Å². The molecule has 4 nitrogen and oxygen atoms in total. The van der Waals surface area contributed by atoms with Crippen LogP contribution in [0.4, 0.5) is 0 Å². The largest absolute Gasteiger partial charge is 0.370 e. The first kappa shape index (κ1) is 8.04. The molecule has 4 heteroatoms. The molecule has 1 aliphatic rings. The number of hydrogen-bond acceptors (Lipinski definition) is 2. The predicted molar refractivity (Wildman–Crippen MR) is 45.0 cm³/mol. The van der Waals surface area contributed by atoms with Crippen LogP contribution in [0.25, 0.3) is 0 Å². The Morgan fingerprint density at radius 3 is 2.82 bits per heavy atom. The van der Waals surface area contributed by atoms with Crippen LogP contribution in [0.5, 0.6) is 0 Å². The SMILES string of the molecule is CC1C(=N)CCCN1C(=N)N. The molecule has 1 aliphatic heterocycles. The van der Waals surface area contributed by atoms with Crippen LogP contribution in [0.1, 0.15) is 19.8 Å². The average molecular weight is 154 g/mol. The van der Waals surface area contributed by atoms with E-state index in [1.807, 2.05) is 6.92 Å². The molecule has 1 heterocycles. The fraction of sp³-hybridized carbons (Fsp3) is 0.714. The van der Waals surface area contributed by atoms with Crippen LogP contribution in [0.15, 0.2) is 0 Å². The lowest BCUT2D eigenvalue weighted by atomic mass is 10.0. The van der Waals surface area contributed by atoms with Gasteiger partial charge in [-0.25, -0.2) is 0 Å². The molecule has 0 aliphatic carbocycles. The lowest BCUT2D eigenvalue weighted by Gasteiger charge is -2.33. The van der Waals surface area contributed by atoms with Gasteiger partial charge in [0.05, 0.1) is 6.04 Å². The van der Waals surface area contributed by atoms with Crippen molar-refractivity contribution in [2.75, 3.05) is 6.54 Å². The first-order valence-electron chi connectivity index (χ1n) is 3.81. The van der Waals surface area contributed by atoms with Crippen molar-refractivity contribution < 1.29 is 0 Å². The molecule has 4 N–H and O–H groups in total. The highest BCUT2D eigenvalue weighted by molar-refractivity contribution is 5.91. The van der Waals surface area contributed by atoms with Gasteiger partial charge in [0.1, 0.15) is 0 Å².